The molecule has 1 fully saturated rings. The monoisotopic (exact) mass is 402 g/mol. The zero-order valence-corrected chi connectivity index (χ0v) is 16.6. The molecule has 0 saturated heterocycles. The van der Waals surface area contributed by atoms with Crippen LogP contribution in [0.25, 0.3) is 11.4 Å². The molecule has 1 aliphatic carbocycles. The molecule has 1 aromatic heterocycles. The highest BCUT2D eigenvalue weighted by Crippen LogP contribution is 2.53. The third-order valence-corrected chi connectivity index (χ3v) is 5.22. The Bertz CT molecular complexity index is 981. The minimum Gasteiger partial charge on any atom is -0.326 e. The largest absolute Gasteiger partial charge is 0.326 e. The number of carbonyl (C=O) groups excluding carboxylic acids is 1. The Labute approximate surface area is 169 Å². The fraction of sp³-hybridized carbons (Fsp3) is 0.250. The SMILES string of the molecule is CC(=O)Nc1ccc(-c2nnc(C3(c4ccccc4)CC3)n2C)c(Cl)c1.Cl. The maximum absolute atomic E-state index is 11.2. The van der Waals surface area contributed by atoms with Crippen LogP contribution in [0.3, 0.4) is 0 Å². The van der Waals surface area contributed by atoms with E-state index in [1.54, 1.807) is 6.07 Å². The molecule has 140 valence electrons. The van der Waals surface area contributed by atoms with Gasteiger partial charge in [-0.3, -0.25) is 4.79 Å². The fourth-order valence-corrected chi connectivity index (χ4v) is 3.75. The number of hydrogen-bond donors (Lipinski definition) is 1. The third-order valence-electron chi connectivity index (χ3n) is 4.91. The van der Waals surface area contributed by atoms with Crippen LogP contribution in [0, 0.1) is 0 Å². The van der Waals surface area contributed by atoms with Gasteiger partial charge in [0, 0.05) is 25.2 Å². The Balaban J connectivity index is 0.00000210. The Morgan fingerprint density at radius 2 is 1.85 bits per heavy atom. The summed E-state index contributed by atoms with van der Waals surface area (Å²) in [5.41, 5.74) is 2.68. The quantitative estimate of drug-likeness (QED) is 0.693. The second-order valence-corrected chi connectivity index (χ2v) is 7.14. The maximum atomic E-state index is 11.2. The first-order chi connectivity index (χ1) is 12.5. The normalized spacial score (nSPS) is 14.3. The fourth-order valence-electron chi connectivity index (χ4n) is 3.48. The van der Waals surface area contributed by atoms with Crippen molar-refractivity contribution in [2.24, 2.45) is 7.05 Å². The molecule has 0 bridgehead atoms. The first kappa shape index (κ1) is 19.4. The number of carbonyl (C=O) groups is 1. The lowest BCUT2D eigenvalue weighted by Crippen LogP contribution is -2.15. The molecule has 0 radical (unpaired) electrons. The Morgan fingerprint density at radius 1 is 1.15 bits per heavy atom. The number of hydrogen-bond acceptors (Lipinski definition) is 3. The molecule has 0 spiro atoms. The van der Waals surface area contributed by atoms with Gasteiger partial charge in [-0.15, -0.1) is 22.6 Å². The summed E-state index contributed by atoms with van der Waals surface area (Å²) >= 11 is 6.44. The number of halogens is 2. The lowest BCUT2D eigenvalue weighted by atomic mass is 9.95. The van der Waals surface area contributed by atoms with Gasteiger partial charge in [0.05, 0.1) is 10.4 Å². The van der Waals surface area contributed by atoms with Crippen LogP contribution in [0.15, 0.2) is 48.5 Å². The van der Waals surface area contributed by atoms with E-state index >= 15 is 0 Å². The standard InChI is InChI=1S/C20H19ClN4O.ClH/c1-13(26)22-15-8-9-16(17(21)12-15)18-23-24-19(25(18)2)20(10-11-20)14-6-4-3-5-7-14;/h3-9,12H,10-11H2,1-2H3,(H,22,26);1H. The van der Waals surface area contributed by atoms with Crippen molar-refractivity contribution in [3.05, 3.63) is 64.9 Å². The molecule has 7 heteroatoms. The van der Waals surface area contributed by atoms with Gasteiger partial charge in [-0.25, -0.2) is 0 Å². The van der Waals surface area contributed by atoms with Crippen molar-refractivity contribution in [1.29, 1.82) is 0 Å². The highest BCUT2D eigenvalue weighted by atomic mass is 35.5. The van der Waals surface area contributed by atoms with Crippen molar-refractivity contribution in [3.63, 3.8) is 0 Å². The Morgan fingerprint density at radius 3 is 2.44 bits per heavy atom. The molecular formula is C20H20Cl2N4O. The van der Waals surface area contributed by atoms with Crippen LogP contribution in [-0.2, 0) is 17.3 Å². The average molecular weight is 403 g/mol. The molecule has 27 heavy (non-hydrogen) atoms. The van der Waals surface area contributed by atoms with E-state index in [9.17, 15) is 4.79 Å². The number of benzene rings is 2. The number of nitrogens with zero attached hydrogens (tertiary/aromatic N) is 3. The molecule has 1 heterocycles. The number of anilines is 1. The summed E-state index contributed by atoms with van der Waals surface area (Å²) in [6, 6.07) is 15.9. The molecule has 1 saturated carbocycles. The number of nitrogens with one attached hydrogen (secondary N) is 1. The van der Waals surface area contributed by atoms with Crippen LogP contribution in [-0.4, -0.2) is 20.7 Å². The molecule has 4 rings (SSSR count). The lowest BCUT2D eigenvalue weighted by molar-refractivity contribution is -0.114. The van der Waals surface area contributed by atoms with Crippen LogP contribution in [0.1, 0.15) is 31.2 Å². The molecule has 1 aliphatic rings. The molecule has 1 amide bonds. The molecule has 1 N–H and O–H groups in total. The van der Waals surface area contributed by atoms with Gasteiger partial charge >= 0.3 is 0 Å². The van der Waals surface area contributed by atoms with Crippen molar-refractivity contribution < 1.29 is 4.79 Å². The molecule has 0 atom stereocenters. The predicted molar refractivity (Wildman–Crippen MR) is 109 cm³/mol. The Hall–Kier alpha value is -2.37. The minimum absolute atomic E-state index is 0. The minimum atomic E-state index is -0.131. The summed E-state index contributed by atoms with van der Waals surface area (Å²) in [6.45, 7) is 1.47. The third kappa shape index (κ3) is 3.45. The maximum Gasteiger partial charge on any atom is 0.221 e. The zero-order chi connectivity index (χ0) is 18.3. The first-order valence-corrected chi connectivity index (χ1v) is 8.92. The van der Waals surface area contributed by atoms with Gasteiger partial charge < -0.3 is 9.88 Å². The summed E-state index contributed by atoms with van der Waals surface area (Å²) in [5.74, 6) is 1.55. The highest BCUT2D eigenvalue weighted by molar-refractivity contribution is 6.33. The first-order valence-electron chi connectivity index (χ1n) is 8.54. The van der Waals surface area contributed by atoms with Gasteiger partial charge in [-0.1, -0.05) is 41.9 Å². The van der Waals surface area contributed by atoms with Gasteiger partial charge in [0.25, 0.3) is 0 Å². The van der Waals surface area contributed by atoms with E-state index in [-0.39, 0.29) is 23.7 Å². The topological polar surface area (TPSA) is 59.8 Å². The van der Waals surface area contributed by atoms with Gasteiger partial charge in [-0.2, -0.15) is 0 Å². The molecule has 2 aromatic carbocycles. The molecule has 0 aliphatic heterocycles. The highest BCUT2D eigenvalue weighted by Gasteiger charge is 2.49. The van der Waals surface area contributed by atoms with Crippen LogP contribution in [0.2, 0.25) is 5.02 Å². The van der Waals surface area contributed by atoms with Crippen molar-refractivity contribution in [3.8, 4) is 11.4 Å². The zero-order valence-electron chi connectivity index (χ0n) is 15.1. The van der Waals surface area contributed by atoms with Gasteiger partial charge in [0.2, 0.25) is 5.91 Å². The van der Waals surface area contributed by atoms with Crippen molar-refractivity contribution in [1.82, 2.24) is 14.8 Å². The molecule has 5 nitrogen and oxygen atoms in total. The molecule has 3 aromatic rings. The van der Waals surface area contributed by atoms with Crippen molar-refractivity contribution in [2.45, 2.75) is 25.2 Å². The predicted octanol–water partition coefficient (Wildman–Crippen LogP) is 4.60. The van der Waals surface area contributed by atoms with Crippen LogP contribution < -0.4 is 5.32 Å². The average Bonchev–Trinajstić information content (AvgIpc) is 3.33. The van der Waals surface area contributed by atoms with E-state index in [4.69, 9.17) is 11.6 Å². The summed E-state index contributed by atoms with van der Waals surface area (Å²) in [4.78, 5) is 11.2. The molecular weight excluding hydrogens is 383 g/mol. The number of rotatable bonds is 4. The smallest absolute Gasteiger partial charge is 0.221 e. The Kier molecular flexibility index (Phi) is 5.27. The lowest BCUT2D eigenvalue weighted by Gasteiger charge is -2.15. The second kappa shape index (κ2) is 7.33. The molecule has 0 unspecified atom stereocenters. The second-order valence-electron chi connectivity index (χ2n) is 6.73. The van der Waals surface area contributed by atoms with Crippen LogP contribution >= 0.6 is 24.0 Å². The van der Waals surface area contributed by atoms with E-state index in [0.29, 0.717) is 10.7 Å². The number of amides is 1. The van der Waals surface area contributed by atoms with Gasteiger partial charge in [0.1, 0.15) is 5.82 Å². The van der Waals surface area contributed by atoms with E-state index in [2.05, 4.69) is 39.8 Å². The van der Waals surface area contributed by atoms with Gasteiger partial charge in [0.15, 0.2) is 5.82 Å². The summed E-state index contributed by atoms with van der Waals surface area (Å²) in [6.07, 6.45) is 2.14. The van der Waals surface area contributed by atoms with Crippen LogP contribution in [0.4, 0.5) is 5.69 Å². The summed E-state index contributed by atoms with van der Waals surface area (Å²) < 4.78 is 2.03. The number of aromatic nitrogens is 3. The van der Waals surface area contributed by atoms with E-state index in [0.717, 1.165) is 30.1 Å². The summed E-state index contributed by atoms with van der Waals surface area (Å²) in [5, 5.41) is 12.2. The van der Waals surface area contributed by atoms with E-state index < -0.39 is 0 Å². The summed E-state index contributed by atoms with van der Waals surface area (Å²) in [7, 11) is 1.98. The van der Waals surface area contributed by atoms with E-state index in [1.165, 1.54) is 12.5 Å². The van der Waals surface area contributed by atoms with Gasteiger partial charge in [-0.05, 0) is 36.6 Å². The van der Waals surface area contributed by atoms with Crippen molar-refractivity contribution in [2.75, 3.05) is 5.32 Å². The van der Waals surface area contributed by atoms with Crippen LogP contribution in [0.5, 0.6) is 0 Å². The van der Waals surface area contributed by atoms with Crippen molar-refractivity contribution >= 4 is 35.6 Å². The van der Waals surface area contributed by atoms with E-state index in [1.807, 2.05) is 29.8 Å².